The second-order valence-electron chi connectivity index (χ2n) is 5.25. The van der Waals surface area contributed by atoms with Crippen LogP contribution in [0.4, 0.5) is 4.79 Å². The highest BCUT2D eigenvalue weighted by Gasteiger charge is 2.31. The van der Waals surface area contributed by atoms with Gasteiger partial charge in [-0.1, -0.05) is 13.8 Å². The first-order chi connectivity index (χ1) is 7.90. The van der Waals surface area contributed by atoms with Crippen LogP contribution in [0.3, 0.4) is 0 Å². The van der Waals surface area contributed by atoms with Crippen molar-refractivity contribution >= 4 is 12.0 Å². The van der Waals surface area contributed by atoms with Crippen LogP contribution in [0.25, 0.3) is 0 Å². The number of carboxylic acid groups (broad SMARTS) is 1. The summed E-state index contributed by atoms with van der Waals surface area (Å²) in [5, 5.41) is 11.8. The summed E-state index contributed by atoms with van der Waals surface area (Å²) >= 11 is 0. The van der Waals surface area contributed by atoms with E-state index in [1.807, 2.05) is 6.92 Å². The van der Waals surface area contributed by atoms with Crippen molar-refractivity contribution in [2.75, 3.05) is 13.1 Å². The van der Waals surface area contributed by atoms with Gasteiger partial charge in [0.15, 0.2) is 0 Å². The van der Waals surface area contributed by atoms with E-state index in [0.717, 1.165) is 6.42 Å². The zero-order valence-corrected chi connectivity index (χ0v) is 10.8. The van der Waals surface area contributed by atoms with E-state index < -0.39 is 11.9 Å². The summed E-state index contributed by atoms with van der Waals surface area (Å²) < 4.78 is 0. The number of likely N-dealkylation sites (tertiary alicyclic amines) is 1. The molecule has 1 fully saturated rings. The lowest BCUT2D eigenvalue weighted by Crippen LogP contribution is -2.43. The molecule has 5 nitrogen and oxygen atoms in total. The molecule has 1 saturated heterocycles. The molecule has 2 atom stereocenters. The average molecular weight is 242 g/mol. The standard InChI is InChI=1S/C12H22N2O3/c1-8(2)6-9(3)13-12(17)14-5-4-10(7-14)11(15)16/h8-10H,4-7H2,1-3H3,(H,13,17)(H,15,16). The lowest BCUT2D eigenvalue weighted by molar-refractivity contribution is -0.141. The molecule has 0 aromatic rings. The fraction of sp³-hybridized carbons (Fsp3) is 0.833. The van der Waals surface area contributed by atoms with Crippen molar-refractivity contribution in [2.45, 2.75) is 39.7 Å². The monoisotopic (exact) mass is 242 g/mol. The van der Waals surface area contributed by atoms with Gasteiger partial charge in [0.2, 0.25) is 0 Å². The quantitative estimate of drug-likeness (QED) is 0.785. The first-order valence-electron chi connectivity index (χ1n) is 6.18. The second kappa shape index (κ2) is 5.89. The molecular formula is C12H22N2O3. The number of hydrogen-bond acceptors (Lipinski definition) is 2. The van der Waals surface area contributed by atoms with Gasteiger partial charge in [0.1, 0.15) is 0 Å². The van der Waals surface area contributed by atoms with Gasteiger partial charge >= 0.3 is 12.0 Å². The van der Waals surface area contributed by atoms with Crippen molar-refractivity contribution in [1.29, 1.82) is 0 Å². The van der Waals surface area contributed by atoms with Crippen LogP contribution in [-0.4, -0.2) is 41.1 Å². The zero-order chi connectivity index (χ0) is 13.0. The molecule has 2 amide bonds. The Morgan fingerprint density at radius 2 is 2.06 bits per heavy atom. The Hall–Kier alpha value is -1.26. The Labute approximate surface area is 102 Å². The largest absolute Gasteiger partial charge is 0.481 e. The van der Waals surface area contributed by atoms with Crippen molar-refractivity contribution in [3.05, 3.63) is 0 Å². The number of urea groups is 1. The van der Waals surface area contributed by atoms with Crippen molar-refractivity contribution in [3.63, 3.8) is 0 Å². The number of aliphatic carboxylic acids is 1. The minimum Gasteiger partial charge on any atom is -0.481 e. The Morgan fingerprint density at radius 1 is 1.41 bits per heavy atom. The third-order valence-electron chi connectivity index (χ3n) is 3.02. The van der Waals surface area contributed by atoms with Gasteiger partial charge in [0, 0.05) is 19.1 Å². The fourth-order valence-corrected chi connectivity index (χ4v) is 2.21. The SMILES string of the molecule is CC(C)CC(C)NC(=O)N1CCC(C(=O)O)C1. The predicted octanol–water partition coefficient (Wildman–Crippen LogP) is 1.54. The number of rotatable bonds is 4. The van der Waals surface area contributed by atoms with Gasteiger partial charge in [-0.3, -0.25) is 4.79 Å². The van der Waals surface area contributed by atoms with E-state index in [-0.39, 0.29) is 12.1 Å². The van der Waals surface area contributed by atoms with E-state index in [9.17, 15) is 9.59 Å². The normalized spacial score (nSPS) is 21.6. The molecule has 2 unspecified atom stereocenters. The molecule has 0 saturated carbocycles. The fourth-order valence-electron chi connectivity index (χ4n) is 2.21. The van der Waals surface area contributed by atoms with E-state index in [0.29, 0.717) is 25.4 Å². The molecule has 17 heavy (non-hydrogen) atoms. The Balaban J connectivity index is 2.37. The molecular weight excluding hydrogens is 220 g/mol. The number of hydrogen-bond donors (Lipinski definition) is 2. The number of nitrogens with one attached hydrogen (secondary N) is 1. The lowest BCUT2D eigenvalue weighted by Gasteiger charge is -2.21. The number of amides is 2. The summed E-state index contributed by atoms with van der Waals surface area (Å²) in [5.41, 5.74) is 0. The van der Waals surface area contributed by atoms with E-state index >= 15 is 0 Å². The minimum atomic E-state index is -0.810. The van der Waals surface area contributed by atoms with Crippen molar-refractivity contribution in [2.24, 2.45) is 11.8 Å². The van der Waals surface area contributed by atoms with Gasteiger partial charge in [0.25, 0.3) is 0 Å². The summed E-state index contributed by atoms with van der Waals surface area (Å²) in [6.07, 6.45) is 1.49. The number of carboxylic acids is 1. The summed E-state index contributed by atoms with van der Waals surface area (Å²) in [7, 11) is 0. The summed E-state index contributed by atoms with van der Waals surface area (Å²) in [4.78, 5) is 24.2. The molecule has 98 valence electrons. The van der Waals surface area contributed by atoms with Gasteiger partial charge < -0.3 is 15.3 Å². The third-order valence-corrected chi connectivity index (χ3v) is 3.02. The maximum Gasteiger partial charge on any atom is 0.317 e. The minimum absolute atomic E-state index is 0.131. The van der Waals surface area contributed by atoms with E-state index in [4.69, 9.17) is 5.11 Å². The second-order valence-corrected chi connectivity index (χ2v) is 5.25. The van der Waals surface area contributed by atoms with Crippen LogP contribution in [0.5, 0.6) is 0 Å². The van der Waals surface area contributed by atoms with Gasteiger partial charge in [-0.25, -0.2) is 4.79 Å². The van der Waals surface area contributed by atoms with Gasteiger partial charge in [-0.05, 0) is 25.7 Å². The summed E-state index contributed by atoms with van der Waals surface area (Å²) in [6, 6.07) is -0.00622. The molecule has 1 aliphatic rings. The third kappa shape index (κ3) is 4.24. The van der Waals surface area contributed by atoms with Gasteiger partial charge in [-0.15, -0.1) is 0 Å². The topological polar surface area (TPSA) is 69.6 Å². The van der Waals surface area contributed by atoms with Crippen LogP contribution in [-0.2, 0) is 4.79 Å². The summed E-state index contributed by atoms with van der Waals surface area (Å²) in [5.74, 6) is -0.674. The predicted molar refractivity (Wildman–Crippen MR) is 64.8 cm³/mol. The van der Waals surface area contributed by atoms with Crippen LogP contribution in [0, 0.1) is 11.8 Å². The van der Waals surface area contributed by atoms with Crippen molar-refractivity contribution in [1.82, 2.24) is 10.2 Å². The molecule has 0 bridgehead atoms. The van der Waals surface area contributed by atoms with Crippen molar-refractivity contribution < 1.29 is 14.7 Å². The molecule has 0 radical (unpaired) electrons. The molecule has 1 aliphatic heterocycles. The first-order valence-corrected chi connectivity index (χ1v) is 6.18. The van der Waals surface area contributed by atoms with Gasteiger partial charge in [0.05, 0.1) is 5.92 Å². The highest BCUT2D eigenvalue weighted by molar-refractivity contribution is 5.77. The highest BCUT2D eigenvalue weighted by Crippen LogP contribution is 2.16. The number of nitrogens with zero attached hydrogens (tertiary/aromatic N) is 1. The van der Waals surface area contributed by atoms with E-state index in [2.05, 4.69) is 19.2 Å². The highest BCUT2D eigenvalue weighted by atomic mass is 16.4. The number of carbonyl (C=O) groups is 2. The maximum atomic E-state index is 11.8. The first kappa shape index (κ1) is 13.8. The van der Waals surface area contributed by atoms with Crippen LogP contribution in [0.1, 0.15) is 33.6 Å². The van der Waals surface area contributed by atoms with Gasteiger partial charge in [-0.2, -0.15) is 0 Å². The Bertz CT molecular complexity index is 291. The molecule has 2 N–H and O–H groups in total. The maximum absolute atomic E-state index is 11.8. The van der Waals surface area contributed by atoms with E-state index in [1.54, 1.807) is 4.90 Å². The molecule has 1 rings (SSSR count). The molecule has 0 aromatic heterocycles. The molecule has 0 aliphatic carbocycles. The molecule has 1 heterocycles. The van der Waals surface area contributed by atoms with Crippen LogP contribution in [0.15, 0.2) is 0 Å². The van der Waals surface area contributed by atoms with Crippen LogP contribution >= 0.6 is 0 Å². The molecule has 5 heteroatoms. The van der Waals surface area contributed by atoms with Crippen LogP contribution < -0.4 is 5.32 Å². The summed E-state index contributed by atoms with van der Waals surface area (Å²) in [6.45, 7) is 7.06. The Morgan fingerprint density at radius 3 is 2.53 bits per heavy atom. The average Bonchev–Trinajstić information content (AvgIpc) is 2.64. The Kier molecular flexibility index (Phi) is 4.78. The zero-order valence-electron chi connectivity index (χ0n) is 10.8. The van der Waals surface area contributed by atoms with Crippen molar-refractivity contribution in [3.8, 4) is 0 Å². The smallest absolute Gasteiger partial charge is 0.317 e. The molecule has 0 spiro atoms. The van der Waals surface area contributed by atoms with E-state index in [1.165, 1.54) is 0 Å². The molecule has 0 aromatic carbocycles. The van der Waals surface area contributed by atoms with Crippen LogP contribution in [0.2, 0.25) is 0 Å². The number of carbonyl (C=O) groups excluding carboxylic acids is 1. The lowest BCUT2D eigenvalue weighted by atomic mass is 10.1.